The third-order valence-electron chi connectivity index (χ3n) is 11.5. The summed E-state index contributed by atoms with van der Waals surface area (Å²) in [5.41, 5.74) is 4.68. The van der Waals surface area contributed by atoms with Crippen molar-refractivity contribution in [1.29, 1.82) is 0 Å². The fourth-order valence-corrected chi connectivity index (χ4v) is 8.22. The molecule has 3 aromatic carbocycles. The molecule has 7 rings (SSSR count). The number of benzene rings is 3. The highest BCUT2D eigenvalue weighted by molar-refractivity contribution is 5.96. The number of hydrogen-bond donors (Lipinski definition) is 5. The summed E-state index contributed by atoms with van der Waals surface area (Å²) in [6.07, 6.45) is 5.30. The van der Waals surface area contributed by atoms with Gasteiger partial charge in [0.1, 0.15) is 23.2 Å². The molecule has 2 fully saturated rings. The first-order valence-electron chi connectivity index (χ1n) is 20.0. The summed E-state index contributed by atoms with van der Waals surface area (Å²) in [5, 5.41) is 11.0. The second-order valence-corrected chi connectivity index (χ2v) is 15.9. The second-order valence-electron chi connectivity index (χ2n) is 15.9. The van der Waals surface area contributed by atoms with Gasteiger partial charge in [0.25, 0.3) is 0 Å². The monoisotopic (exact) mass is 788 g/mol. The van der Waals surface area contributed by atoms with Gasteiger partial charge in [0.05, 0.1) is 50.1 Å². The zero-order valence-electron chi connectivity index (χ0n) is 33.8. The normalized spacial score (nSPS) is 19.0. The van der Waals surface area contributed by atoms with E-state index in [1.807, 2.05) is 38.7 Å². The number of hydrogen-bond acceptors (Lipinski definition) is 9. The summed E-state index contributed by atoms with van der Waals surface area (Å²) < 4.78 is 9.57. The van der Waals surface area contributed by atoms with Crippen molar-refractivity contribution in [1.82, 2.24) is 40.8 Å². The Morgan fingerprint density at radius 1 is 0.741 bits per heavy atom. The Morgan fingerprint density at radius 3 is 1.97 bits per heavy atom. The summed E-state index contributed by atoms with van der Waals surface area (Å²) in [6.45, 7) is 8.86. The zero-order valence-corrected chi connectivity index (χ0v) is 33.8. The van der Waals surface area contributed by atoms with Crippen LogP contribution in [0.5, 0.6) is 0 Å². The maximum Gasteiger partial charge on any atom is 0.407 e. The van der Waals surface area contributed by atoms with Crippen LogP contribution in [-0.2, 0) is 24.6 Å². The van der Waals surface area contributed by atoms with Crippen LogP contribution in [0.15, 0.2) is 73.1 Å². The SMILES string of the molecule is COC(=O)N[C@H](C(=O)N1CCC[C@H]1c1ncc(-c2ccc(-c3ccc4cc(-c5cnc([C@]6(C(=O)[C@@H](NC(=O)OC)C(C)C)CCCN6)[nH]5)ccc4c3)cc2)[nH]1)C(C)C. The number of aromatic nitrogens is 4. The lowest BCUT2D eigenvalue weighted by Crippen LogP contribution is -2.57. The minimum Gasteiger partial charge on any atom is -0.453 e. The molecule has 3 amide bonds. The van der Waals surface area contributed by atoms with Gasteiger partial charge in [0, 0.05) is 12.1 Å². The number of fused-ring (bicyclic) bond motifs is 1. The van der Waals surface area contributed by atoms with E-state index in [4.69, 9.17) is 14.5 Å². The highest BCUT2D eigenvalue weighted by Crippen LogP contribution is 2.36. The third-order valence-corrected chi connectivity index (χ3v) is 11.5. The molecule has 0 bridgehead atoms. The van der Waals surface area contributed by atoms with E-state index in [-0.39, 0.29) is 29.6 Å². The number of H-pyrrole nitrogens is 2. The Bertz CT molecular complexity index is 2290. The lowest BCUT2D eigenvalue weighted by molar-refractivity contribution is -0.135. The number of carbonyl (C=O) groups excluding carboxylic acids is 4. The lowest BCUT2D eigenvalue weighted by Gasteiger charge is -2.32. The van der Waals surface area contributed by atoms with E-state index in [0.29, 0.717) is 25.3 Å². The molecular weight excluding hydrogens is 737 g/mol. The summed E-state index contributed by atoms with van der Waals surface area (Å²) in [5.74, 6) is 0.721. The number of Topliss-reactive ketones (excluding diaryl/α,β-unsaturated/α-hetero) is 1. The van der Waals surface area contributed by atoms with Crippen molar-refractivity contribution < 1.29 is 28.7 Å². The standard InChI is InChI=1S/C44H52N8O6/c1-25(2)36(50-42(55)57-5)38(53)44(18-8-19-47-44)41-46-24-34(49-41)32-17-16-30-21-29(14-15-31(30)22-32)27-10-12-28(13-11-27)33-23-45-39(48-33)35-9-7-20-52(35)40(54)37(26(3)4)51-43(56)58-6/h10-17,21-26,35-37,47H,7-9,18-20H2,1-6H3,(H,45,48)(H,46,49)(H,50,55)(H,51,56)/t35-,36-,37-,44+/m0/s1. The van der Waals surface area contributed by atoms with Gasteiger partial charge >= 0.3 is 12.2 Å². The number of nitrogens with zero attached hydrogens (tertiary/aromatic N) is 3. The largest absolute Gasteiger partial charge is 0.453 e. The Kier molecular flexibility index (Phi) is 11.7. The molecule has 0 spiro atoms. The second kappa shape index (κ2) is 16.8. The highest BCUT2D eigenvalue weighted by atomic mass is 16.5. The van der Waals surface area contributed by atoms with Crippen LogP contribution in [0.25, 0.3) is 44.4 Å². The Hall–Kier alpha value is -6.02. The molecule has 304 valence electrons. The van der Waals surface area contributed by atoms with Crippen molar-refractivity contribution in [2.75, 3.05) is 27.3 Å². The van der Waals surface area contributed by atoms with Crippen LogP contribution in [0.1, 0.15) is 71.1 Å². The van der Waals surface area contributed by atoms with E-state index in [0.717, 1.165) is 69.5 Å². The van der Waals surface area contributed by atoms with Crippen LogP contribution >= 0.6 is 0 Å². The van der Waals surface area contributed by atoms with E-state index >= 15 is 0 Å². The van der Waals surface area contributed by atoms with Gasteiger partial charge in [-0.3, -0.25) is 14.9 Å². The number of ether oxygens (including phenoxy) is 2. The predicted octanol–water partition coefficient (Wildman–Crippen LogP) is 6.86. The molecule has 2 aliphatic rings. The summed E-state index contributed by atoms with van der Waals surface area (Å²) in [4.78, 5) is 69.8. The quantitative estimate of drug-likeness (QED) is 0.0902. The van der Waals surface area contributed by atoms with Crippen LogP contribution in [-0.4, -0.2) is 88.1 Å². The molecule has 2 aromatic heterocycles. The molecule has 5 N–H and O–H groups in total. The van der Waals surface area contributed by atoms with Gasteiger partial charge in [-0.1, -0.05) is 76.2 Å². The molecule has 2 saturated heterocycles. The Morgan fingerprint density at radius 2 is 1.33 bits per heavy atom. The van der Waals surface area contributed by atoms with Gasteiger partial charge in [-0.15, -0.1) is 0 Å². The minimum atomic E-state index is -1.05. The van der Waals surface area contributed by atoms with Crippen LogP contribution in [0.3, 0.4) is 0 Å². The van der Waals surface area contributed by atoms with Gasteiger partial charge in [-0.25, -0.2) is 19.6 Å². The lowest BCUT2D eigenvalue weighted by atomic mass is 9.83. The maximum atomic E-state index is 14.0. The van der Waals surface area contributed by atoms with Gasteiger partial charge in [0.15, 0.2) is 5.78 Å². The topological polar surface area (TPSA) is 183 Å². The van der Waals surface area contributed by atoms with Crippen LogP contribution in [0.2, 0.25) is 0 Å². The number of likely N-dealkylation sites (tertiary alicyclic amines) is 1. The molecule has 0 unspecified atom stereocenters. The molecule has 0 radical (unpaired) electrons. The van der Waals surface area contributed by atoms with E-state index < -0.39 is 29.8 Å². The molecule has 2 aliphatic heterocycles. The van der Waals surface area contributed by atoms with Crippen molar-refractivity contribution in [3.05, 3.63) is 84.7 Å². The average Bonchev–Trinajstić information content (AvgIpc) is 4.08. The minimum absolute atomic E-state index is 0.107. The fourth-order valence-electron chi connectivity index (χ4n) is 8.22. The fraction of sp³-hybridized carbons (Fsp3) is 0.409. The number of ketones is 1. The number of methoxy groups -OCH3 is 2. The third kappa shape index (κ3) is 7.93. The van der Waals surface area contributed by atoms with Gasteiger partial charge in [0.2, 0.25) is 5.91 Å². The molecule has 5 aromatic rings. The first kappa shape index (κ1) is 40.2. The highest BCUT2D eigenvalue weighted by Gasteiger charge is 2.49. The first-order valence-corrected chi connectivity index (χ1v) is 20.0. The number of amides is 3. The molecule has 4 atom stereocenters. The van der Waals surface area contributed by atoms with Gasteiger partial charge < -0.3 is 35.0 Å². The number of rotatable bonds is 12. The number of carbonyl (C=O) groups is 4. The van der Waals surface area contributed by atoms with Gasteiger partial charge in [-0.2, -0.15) is 0 Å². The first-order chi connectivity index (χ1) is 27.9. The van der Waals surface area contributed by atoms with Gasteiger partial charge in [-0.05, 0) is 83.7 Å². The summed E-state index contributed by atoms with van der Waals surface area (Å²) >= 11 is 0. The Labute approximate surface area is 337 Å². The number of imidazole rings is 2. The molecule has 14 nitrogen and oxygen atoms in total. The van der Waals surface area contributed by atoms with Crippen LogP contribution in [0.4, 0.5) is 9.59 Å². The molecule has 58 heavy (non-hydrogen) atoms. The van der Waals surface area contributed by atoms with Crippen molar-refractivity contribution in [3.8, 4) is 33.6 Å². The van der Waals surface area contributed by atoms with Crippen LogP contribution < -0.4 is 16.0 Å². The van der Waals surface area contributed by atoms with Crippen molar-refractivity contribution in [2.45, 2.75) is 77.0 Å². The summed E-state index contributed by atoms with van der Waals surface area (Å²) in [6, 6.07) is 19.3. The molecule has 4 heterocycles. The predicted molar refractivity (Wildman–Crippen MR) is 220 cm³/mol. The van der Waals surface area contributed by atoms with E-state index in [1.165, 1.54) is 14.2 Å². The summed E-state index contributed by atoms with van der Waals surface area (Å²) in [7, 11) is 2.58. The molecule has 0 saturated carbocycles. The number of alkyl carbamates (subject to hydrolysis) is 2. The van der Waals surface area contributed by atoms with Crippen molar-refractivity contribution in [2.24, 2.45) is 11.8 Å². The van der Waals surface area contributed by atoms with E-state index in [9.17, 15) is 19.2 Å². The number of nitrogens with one attached hydrogen (secondary N) is 5. The van der Waals surface area contributed by atoms with Crippen molar-refractivity contribution >= 4 is 34.6 Å². The zero-order chi connectivity index (χ0) is 41.1. The average molecular weight is 789 g/mol. The molecule has 14 heteroatoms. The van der Waals surface area contributed by atoms with Crippen LogP contribution in [0, 0.1) is 11.8 Å². The smallest absolute Gasteiger partial charge is 0.407 e. The maximum absolute atomic E-state index is 14.0. The number of aromatic amines is 2. The molecular formula is C44H52N8O6. The Balaban J connectivity index is 1.05. The van der Waals surface area contributed by atoms with Crippen molar-refractivity contribution in [3.63, 3.8) is 0 Å². The molecule has 0 aliphatic carbocycles. The van der Waals surface area contributed by atoms with E-state index in [1.54, 1.807) is 12.4 Å². The van der Waals surface area contributed by atoms with E-state index in [2.05, 4.69) is 85.5 Å².